The molecule has 2 aromatic rings. The zero-order chi connectivity index (χ0) is 13.2. The van der Waals surface area contributed by atoms with Crippen molar-refractivity contribution < 1.29 is 9.53 Å². The fourth-order valence-corrected chi connectivity index (χ4v) is 2.40. The van der Waals surface area contributed by atoms with Gasteiger partial charge in [-0.2, -0.15) is 0 Å². The topological polar surface area (TPSA) is 39.2 Å². The first-order valence-corrected chi connectivity index (χ1v) is 6.39. The van der Waals surface area contributed by atoms with Gasteiger partial charge in [0.05, 0.1) is 7.11 Å². The number of rotatable bonds is 4. The van der Waals surface area contributed by atoms with Gasteiger partial charge in [-0.3, -0.25) is 9.78 Å². The summed E-state index contributed by atoms with van der Waals surface area (Å²) in [5.41, 5.74) is 1.78. The van der Waals surface area contributed by atoms with Crippen LogP contribution >= 0.6 is 0 Å². The predicted molar refractivity (Wildman–Crippen MR) is 72.4 cm³/mol. The van der Waals surface area contributed by atoms with Crippen LogP contribution in [0.5, 0.6) is 5.75 Å². The Morgan fingerprint density at radius 2 is 2.00 bits per heavy atom. The van der Waals surface area contributed by atoms with Crippen LogP contribution < -0.4 is 4.74 Å². The maximum absolute atomic E-state index is 12.2. The first kappa shape index (κ1) is 11.9. The molecule has 1 aliphatic rings. The molecular weight excluding hydrogens is 238 g/mol. The fraction of sp³-hybridized carbons (Fsp3) is 0.250. The number of methoxy groups -OCH3 is 1. The number of ether oxygens (including phenoxy) is 1. The average molecular weight is 253 g/mol. The van der Waals surface area contributed by atoms with E-state index in [1.165, 1.54) is 5.56 Å². The average Bonchev–Trinajstić information content (AvgIpc) is 3.28. The van der Waals surface area contributed by atoms with Crippen molar-refractivity contribution in [1.82, 2.24) is 4.98 Å². The van der Waals surface area contributed by atoms with E-state index < -0.39 is 0 Å². The Bertz CT molecular complexity index is 577. The number of aromatic nitrogens is 1. The molecule has 1 heterocycles. The van der Waals surface area contributed by atoms with Crippen LogP contribution in [0.3, 0.4) is 0 Å². The van der Waals surface area contributed by atoms with Crippen LogP contribution in [-0.2, 0) is 0 Å². The molecule has 1 fully saturated rings. The predicted octanol–water partition coefficient (Wildman–Crippen LogP) is 3.08. The van der Waals surface area contributed by atoms with Crippen LogP contribution in [0.25, 0.3) is 0 Å². The molecule has 0 unspecified atom stereocenters. The van der Waals surface area contributed by atoms with E-state index in [1.807, 2.05) is 36.4 Å². The number of nitrogens with zero attached hydrogens (tertiary/aromatic N) is 1. The van der Waals surface area contributed by atoms with E-state index in [0.29, 0.717) is 11.6 Å². The van der Waals surface area contributed by atoms with Crippen molar-refractivity contribution in [2.45, 2.75) is 12.3 Å². The van der Waals surface area contributed by atoms with Gasteiger partial charge in [0.15, 0.2) is 5.78 Å². The molecule has 2 atom stereocenters. The Hall–Kier alpha value is -2.16. The third kappa shape index (κ3) is 2.36. The lowest BCUT2D eigenvalue weighted by Gasteiger charge is -2.03. The van der Waals surface area contributed by atoms with E-state index in [2.05, 4.69) is 4.98 Å². The van der Waals surface area contributed by atoms with Crippen LogP contribution in [0.15, 0.2) is 48.7 Å². The molecule has 0 aliphatic heterocycles. The van der Waals surface area contributed by atoms with Gasteiger partial charge in [0, 0.05) is 12.1 Å². The van der Waals surface area contributed by atoms with Crippen LogP contribution in [0.2, 0.25) is 0 Å². The Labute approximate surface area is 112 Å². The summed E-state index contributed by atoms with van der Waals surface area (Å²) in [5.74, 6) is 1.42. The molecule has 19 heavy (non-hydrogen) atoms. The summed E-state index contributed by atoms with van der Waals surface area (Å²) in [7, 11) is 1.65. The van der Waals surface area contributed by atoms with E-state index in [4.69, 9.17) is 4.74 Å². The van der Waals surface area contributed by atoms with Crippen molar-refractivity contribution in [3.8, 4) is 5.75 Å². The molecular formula is C16H15NO2. The van der Waals surface area contributed by atoms with Gasteiger partial charge in [0.25, 0.3) is 0 Å². The number of hydrogen-bond acceptors (Lipinski definition) is 3. The highest BCUT2D eigenvalue weighted by Gasteiger charge is 2.44. The summed E-state index contributed by atoms with van der Waals surface area (Å²) in [4.78, 5) is 16.4. The molecule has 3 heteroatoms. The Morgan fingerprint density at radius 1 is 1.21 bits per heavy atom. The molecule has 0 N–H and O–H groups in total. The SMILES string of the molecule is COc1ccc([C@@H]2C[C@@H]2C(=O)c2ccccn2)cc1. The number of benzene rings is 1. The highest BCUT2D eigenvalue weighted by atomic mass is 16.5. The molecule has 1 aliphatic carbocycles. The van der Waals surface area contributed by atoms with Gasteiger partial charge in [-0.1, -0.05) is 18.2 Å². The summed E-state index contributed by atoms with van der Waals surface area (Å²) in [6.45, 7) is 0. The van der Waals surface area contributed by atoms with Crippen molar-refractivity contribution in [2.75, 3.05) is 7.11 Å². The van der Waals surface area contributed by atoms with Crippen LogP contribution in [0.1, 0.15) is 28.4 Å². The van der Waals surface area contributed by atoms with E-state index in [-0.39, 0.29) is 11.7 Å². The molecule has 0 amide bonds. The molecule has 1 aromatic carbocycles. The standard InChI is InChI=1S/C16H15NO2/c1-19-12-7-5-11(6-8-12)13-10-14(13)16(18)15-4-2-3-9-17-15/h2-9,13-14H,10H2,1H3/t13-,14-/m0/s1. The number of ketones is 1. The van der Waals surface area contributed by atoms with Gasteiger partial charge in [-0.15, -0.1) is 0 Å². The lowest BCUT2D eigenvalue weighted by molar-refractivity contribution is 0.0960. The van der Waals surface area contributed by atoms with E-state index >= 15 is 0 Å². The molecule has 1 aromatic heterocycles. The van der Waals surface area contributed by atoms with Gasteiger partial charge in [0.2, 0.25) is 0 Å². The monoisotopic (exact) mass is 253 g/mol. The third-order valence-corrected chi connectivity index (χ3v) is 3.59. The minimum absolute atomic E-state index is 0.0864. The second kappa shape index (κ2) is 4.84. The largest absolute Gasteiger partial charge is 0.497 e. The quantitative estimate of drug-likeness (QED) is 0.786. The van der Waals surface area contributed by atoms with Gasteiger partial charge < -0.3 is 4.74 Å². The summed E-state index contributed by atoms with van der Waals surface area (Å²) in [5, 5.41) is 0. The van der Waals surface area contributed by atoms with E-state index in [9.17, 15) is 4.79 Å². The summed E-state index contributed by atoms with van der Waals surface area (Å²) < 4.78 is 5.14. The molecule has 0 spiro atoms. The third-order valence-electron chi connectivity index (χ3n) is 3.59. The zero-order valence-corrected chi connectivity index (χ0v) is 10.7. The summed E-state index contributed by atoms with van der Waals surface area (Å²) in [6.07, 6.45) is 2.58. The number of hydrogen-bond donors (Lipinski definition) is 0. The molecule has 1 saturated carbocycles. The van der Waals surface area contributed by atoms with Crippen molar-refractivity contribution >= 4 is 5.78 Å². The van der Waals surface area contributed by atoms with Crippen LogP contribution in [0, 0.1) is 5.92 Å². The second-order valence-electron chi connectivity index (χ2n) is 4.80. The minimum atomic E-state index is 0.0864. The fourth-order valence-electron chi connectivity index (χ4n) is 2.40. The Kier molecular flexibility index (Phi) is 3.03. The van der Waals surface area contributed by atoms with Gasteiger partial charge in [-0.25, -0.2) is 0 Å². The summed E-state index contributed by atoms with van der Waals surface area (Å²) in [6, 6.07) is 13.4. The van der Waals surface area contributed by atoms with Crippen molar-refractivity contribution in [3.05, 3.63) is 59.9 Å². The molecule has 0 saturated heterocycles. The Morgan fingerprint density at radius 3 is 2.63 bits per heavy atom. The van der Waals surface area contributed by atoms with Crippen molar-refractivity contribution in [1.29, 1.82) is 0 Å². The Balaban J connectivity index is 1.72. The zero-order valence-electron chi connectivity index (χ0n) is 10.7. The first-order chi connectivity index (χ1) is 9.29. The van der Waals surface area contributed by atoms with Gasteiger partial charge >= 0.3 is 0 Å². The molecule has 3 rings (SSSR count). The van der Waals surface area contributed by atoms with Crippen LogP contribution in [-0.4, -0.2) is 17.9 Å². The van der Waals surface area contributed by atoms with E-state index in [1.54, 1.807) is 19.4 Å². The normalized spacial score (nSPS) is 20.9. The smallest absolute Gasteiger partial charge is 0.184 e. The second-order valence-corrected chi connectivity index (χ2v) is 4.80. The van der Waals surface area contributed by atoms with Gasteiger partial charge in [-0.05, 0) is 42.2 Å². The highest BCUT2D eigenvalue weighted by Crippen LogP contribution is 2.49. The number of carbonyl (C=O) groups is 1. The lowest BCUT2D eigenvalue weighted by Crippen LogP contribution is -2.05. The highest BCUT2D eigenvalue weighted by molar-refractivity contribution is 5.98. The first-order valence-electron chi connectivity index (χ1n) is 6.39. The minimum Gasteiger partial charge on any atom is -0.497 e. The molecule has 3 nitrogen and oxygen atoms in total. The van der Waals surface area contributed by atoms with Crippen molar-refractivity contribution in [3.63, 3.8) is 0 Å². The lowest BCUT2D eigenvalue weighted by atomic mass is 10.1. The van der Waals surface area contributed by atoms with Crippen LogP contribution in [0.4, 0.5) is 0 Å². The van der Waals surface area contributed by atoms with Gasteiger partial charge in [0.1, 0.15) is 11.4 Å². The van der Waals surface area contributed by atoms with Crippen molar-refractivity contribution in [2.24, 2.45) is 5.92 Å². The number of pyridine rings is 1. The molecule has 0 bridgehead atoms. The maximum Gasteiger partial charge on any atom is 0.184 e. The number of carbonyl (C=O) groups excluding carboxylic acids is 1. The summed E-state index contributed by atoms with van der Waals surface area (Å²) >= 11 is 0. The molecule has 0 radical (unpaired) electrons. The molecule has 96 valence electrons. The van der Waals surface area contributed by atoms with E-state index in [0.717, 1.165) is 12.2 Å². The maximum atomic E-state index is 12.2. The number of Topliss-reactive ketones (excluding diaryl/α,β-unsaturated/α-hetero) is 1.